The molecular weight excluding hydrogens is 178 g/mol. The summed E-state index contributed by atoms with van der Waals surface area (Å²) in [5, 5.41) is 7.37. The monoisotopic (exact) mass is 195 g/mol. The lowest BCUT2D eigenvalue weighted by molar-refractivity contribution is 0.339. The van der Waals surface area contributed by atoms with E-state index in [0.29, 0.717) is 0 Å². The highest BCUT2D eigenvalue weighted by atomic mass is 16.5. The fraction of sp³-hybridized carbons (Fsp3) is 0.800. The molecule has 0 aliphatic heterocycles. The van der Waals surface area contributed by atoms with E-state index in [1.807, 2.05) is 6.92 Å². The topological polar surface area (TPSA) is 51.0 Å². The molecule has 1 aromatic rings. The van der Waals surface area contributed by atoms with Crippen molar-refractivity contribution in [2.24, 2.45) is 0 Å². The lowest BCUT2D eigenvalue weighted by Gasteiger charge is -2.26. The van der Waals surface area contributed by atoms with E-state index in [2.05, 4.69) is 15.5 Å². The van der Waals surface area contributed by atoms with E-state index in [4.69, 9.17) is 4.52 Å². The number of nitrogens with zero attached hydrogens (tertiary/aromatic N) is 2. The predicted molar refractivity (Wildman–Crippen MR) is 53.0 cm³/mol. The van der Waals surface area contributed by atoms with Crippen LogP contribution < -0.4 is 5.32 Å². The smallest absolute Gasteiger partial charge is 0.226 e. The minimum absolute atomic E-state index is 0.739. The van der Waals surface area contributed by atoms with Gasteiger partial charge in [-0.1, -0.05) is 18.5 Å². The van der Waals surface area contributed by atoms with Crippen LogP contribution in [0.1, 0.15) is 37.9 Å². The molecule has 1 saturated carbocycles. The summed E-state index contributed by atoms with van der Waals surface area (Å²) in [5.74, 6) is 1.57. The van der Waals surface area contributed by atoms with Gasteiger partial charge in [0.05, 0.1) is 0 Å². The standard InChI is InChI=1S/C10H17N3O/c1-2-10-12-9(13-14-10)6-7-11-8-4-3-5-8/h8,11H,2-7H2,1H3. The van der Waals surface area contributed by atoms with Crippen molar-refractivity contribution >= 4 is 0 Å². The summed E-state index contributed by atoms with van der Waals surface area (Å²) < 4.78 is 5.02. The van der Waals surface area contributed by atoms with Gasteiger partial charge in [0.25, 0.3) is 0 Å². The molecule has 78 valence electrons. The molecule has 1 aliphatic carbocycles. The maximum Gasteiger partial charge on any atom is 0.226 e. The van der Waals surface area contributed by atoms with Gasteiger partial charge in [-0.25, -0.2) is 0 Å². The van der Waals surface area contributed by atoms with Crippen molar-refractivity contribution in [3.8, 4) is 0 Å². The van der Waals surface area contributed by atoms with Gasteiger partial charge >= 0.3 is 0 Å². The third-order valence-corrected chi connectivity index (χ3v) is 2.70. The zero-order valence-corrected chi connectivity index (χ0v) is 8.62. The van der Waals surface area contributed by atoms with Crippen LogP contribution in [-0.2, 0) is 12.8 Å². The van der Waals surface area contributed by atoms with Crippen LogP contribution in [0.3, 0.4) is 0 Å². The Hall–Kier alpha value is -0.900. The molecule has 1 aliphatic rings. The van der Waals surface area contributed by atoms with Crippen molar-refractivity contribution in [3.63, 3.8) is 0 Å². The van der Waals surface area contributed by atoms with Gasteiger partial charge < -0.3 is 9.84 Å². The van der Waals surface area contributed by atoms with Gasteiger partial charge in [-0.3, -0.25) is 0 Å². The van der Waals surface area contributed by atoms with E-state index in [1.54, 1.807) is 0 Å². The van der Waals surface area contributed by atoms with E-state index in [0.717, 1.165) is 37.1 Å². The van der Waals surface area contributed by atoms with Crippen LogP contribution in [0, 0.1) is 0 Å². The maximum absolute atomic E-state index is 5.02. The van der Waals surface area contributed by atoms with E-state index >= 15 is 0 Å². The first-order chi connectivity index (χ1) is 6.88. The molecule has 1 aromatic heterocycles. The van der Waals surface area contributed by atoms with Crippen molar-refractivity contribution in [1.29, 1.82) is 0 Å². The van der Waals surface area contributed by atoms with Crippen LogP contribution in [-0.4, -0.2) is 22.7 Å². The third-order valence-electron chi connectivity index (χ3n) is 2.70. The zero-order chi connectivity index (χ0) is 9.80. The summed E-state index contributed by atoms with van der Waals surface area (Å²) in [6, 6.07) is 0.743. The first kappa shape index (κ1) is 9.65. The SMILES string of the molecule is CCc1nc(CCNC2CCC2)no1. The maximum atomic E-state index is 5.02. The molecule has 2 rings (SSSR count). The van der Waals surface area contributed by atoms with Gasteiger partial charge in [0.1, 0.15) is 0 Å². The van der Waals surface area contributed by atoms with Gasteiger partial charge in [-0.05, 0) is 12.8 Å². The molecule has 14 heavy (non-hydrogen) atoms. The quantitative estimate of drug-likeness (QED) is 0.769. The summed E-state index contributed by atoms with van der Waals surface area (Å²) in [7, 11) is 0. The summed E-state index contributed by atoms with van der Waals surface area (Å²) >= 11 is 0. The number of rotatable bonds is 5. The van der Waals surface area contributed by atoms with Gasteiger partial charge in [-0.2, -0.15) is 4.98 Å². The second-order valence-corrected chi connectivity index (χ2v) is 3.79. The molecule has 0 bridgehead atoms. The zero-order valence-electron chi connectivity index (χ0n) is 8.62. The van der Waals surface area contributed by atoms with Crippen LogP contribution >= 0.6 is 0 Å². The molecular formula is C10H17N3O. The van der Waals surface area contributed by atoms with Crippen LogP contribution in [0.25, 0.3) is 0 Å². The summed E-state index contributed by atoms with van der Waals surface area (Å²) in [4.78, 5) is 4.25. The fourth-order valence-electron chi connectivity index (χ4n) is 1.54. The Balaban J connectivity index is 1.68. The molecule has 0 amide bonds. The molecule has 0 spiro atoms. The summed E-state index contributed by atoms with van der Waals surface area (Å²) in [6.45, 7) is 2.98. The Morgan fingerprint density at radius 2 is 2.36 bits per heavy atom. The van der Waals surface area contributed by atoms with Crippen LogP contribution in [0.4, 0.5) is 0 Å². The Morgan fingerprint density at radius 3 is 2.93 bits per heavy atom. The second kappa shape index (κ2) is 4.55. The van der Waals surface area contributed by atoms with Gasteiger partial charge in [0, 0.05) is 25.4 Å². The third kappa shape index (κ3) is 2.32. The largest absolute Gasteiger partial charge is 0.339 e. The highest BCUT2D eigenvalue weighted by Crippen LogP contribution is 2.17. The molecule has 0 atom stereocenters. The molecule has 0 radical (unpaired) electrons. The lowest BCUT2D eigenvalue weighted by Crippen LogP contribution is -2.36. The minimum atomic E-state index is 0.739. The highest BCUT2D eigenvalue weighted by Gasteiger charge is 2.16. The van der Waals surface area contributed by atoms with Gasteiger partial charge in [0.2, 0.25) is 5.89 Å². The normalized spacial score (nSPS) is 16.9. The van der Waals surface area contributed by atoms with Gasteiger partial charge in [-0.15, -0.1) is 0 Å². The lowest BCUT2D eigenvalue weighted by atomic mass is 9.93. The molecule has 0 aromatic carbocycles. The number of hydrogen-bond acceptors (Lipinski definition) is 4. The first-order valence-electron chi connectivity index (χ1n) is 5.43. The van der Waals surface area contributed by atoms with Crippen LogP contribution in [0.15, 0.2) is 4.52 Å². The molecule has 4 nitrogen and oxygen atoms in total. The highest BCUT2D eigenvalue weighted by molar-refractivity contribution is 4.87. The van der Waals surface area contributed by atoms with E-state index in [-0.39, 0.29) is 0 Å². The van der Waals surface area contributed by atoms with E-state index < -0.39 is 0 Å². The molecule has 1 heterocycles. The first-order valence-corrected chi connectivity index (χ1v) is 5.43. The number of aromatic nitrogens is 2. The van der Waals surface area contributed by atoms with Crippen molar-refractivity contribution in [1.82, 2.24) is 15.5 Å². The Labute approximate surface area is 84.1 Å². The Kier molecular flexibility index (Phi) is 3.14. The summed E-state index contributed by atoms with van der Waals surface area (Å²) in [6.07, 6.45) is 5.72. The Bertz CT molecular complexity index is 281. The number of nitrogens with one attached hydrogen (secondary N) is 1. The molecule has 4 heteroatoms. The Morgan fingerprint density at radius 1 is 1.50 bits per heavy atom. The fourth-order valence-corrected chi connectivity index (χ4v) is 1.54. The molecule has 1 fully saturated rings. The summed E-state index contributed by atoms with van der Waals surface area (Å²) in [5.41, 5.74) is 0. The van der Waals surface area contributed by atoms with Crippen molar-refractivity contribution in [2.75, 3.05) is 6.54 Å². The molecule has 1 N–H and O–H groups in total. The van der Waals surface area contributed by atoms with E-state index in [9.17, 15) is 0 Å². The van der Waals surface area contributed by atoms with E-state index in [1.165, 1.54) is 19.3 Å². The second-order valence-electron chi connectivity index (χ2n) is 3.79. The predicted octanol–water partition coefficient (Wildman–Crippen LogP) is 1.32. The van der Waals surface area contributed by atoms with Crippen molar-refractivity contribution in [3.05, 3.63) is 11.7 Å². The minimum Gasteiger partial charge on any atom is -0.339 e. The average molecular weight is 195 g/mol. The number of aryl methyl sites for hydroxylation is 1. The van der Waals surface area contributed by atoms with Gasteiger partial charge in [0.15, 0.2) is 5.82 Å². The van der Waals surface area contributed by atoms with Crippen molar-refractivity contribution < 1.29 is 4.52 Å². The molecule has 0 saturated heterocycles. The van der Waals surface area contributed by atoms with Crippen LogP contribution in [0.2, 0.25) is 0 Å². The molecule has 0 unspecified atom stereocenters. The van der Waals surface area contributed by atoms with Crippen LogP contribution in [0.5, 0.6) is 0 Å². The average Bonchev–Trinajstić information content (AvgIpc) is 2.57. The number of hydrogen-bond donors (Lipinski definition) is 1. The van der Waals surface area contributed by atoms with Crippen molar-refractivity contribution in [2.45, 2.75) is 45.1 Å².